The largest absolute Gasteiger partial charge is 0.462 e. The highest BCUT2D eigenvalue weighted by Gasteiger charge is 2.40. The first kappa shape index (κ1) is 13.6. The molecule has 2 heterocycles. The first-order chi connectivity index (χ1) is 8.93. The van der Waals surface area contributed by atoms with Crippen molar-refractivity contribution >= 4 is 17.3 Å². The number of carbonyl (C=O) groups excluding carboxylic acids is 1. The van der Waals surface area contributed by atoms with Crippen molar-refractivity contribution in [3.63, 3.8) is 0 Å². The van der Waals surface area contributed by atoms with Gasteiger partial charge in [0.25, 0.3) is 0 Å². The lowest BCUT2D eigenvalue weighted by Crippen LogP contribution is -2.13. The highest BCUT2D eigenvalue weighted by molar-refractivity contribution is 7.16. The maximum absolute atomic E-state index is 12.8. The standard InChI is InChI=1S/C11H9F3N2O2S/c1-2-18-9(17)7-8(11(12,13)14)15-10(19-7)16-5-3-4-6-16/h3-6H,2H2,1H3. The van der Waals surface area contributed by atoms with E-state index in [2.05, 4.69) is 9.72 Å². The number of carbonyl (C=O) groups is 1. The molecule has 102 valence electrons. The van der Waals surface area contributed by atoms with Crippen LogP contribution >= 0.6 is 11.3 Å². The van der Waals surface area contributed by atoms with Crippen molar-refractivity contribution in [1.29, 1.82) is 0 Å². The summed E-state index contributed by atoms with van der Waals surface area (Å²) in [7, 11) is 0. The summed E-state index contributed by atoms with van der Waals surface area (Å²) < 4.78 is 44.5. The van der Waals surface area contributed by atoms with E-state index in [9.17, 15) is 18.0 Å². The SMILES string of the molecule is CCOC(=O)c1sc(-n2cccc2)nc1C(F)(F)F. The molecule has 4 nitrogen and oxygen atoms in total. The Kier molecular flexibility index (Phi) is 3.61. The summed E-state index contributed by atoms with van der Waals surface area (Å²) in [6.07, 6.45) is -1.59. The number of ether oxygens (including phenoxy) is 1. The number of halogens is 3. The first-order valence-electron chi connectivity index (χ1n) is 5.32. The molecular formula is C11H9F3N2O2S. The first-order valence-corrected chi connectivity index (χ1v) is 6.13. The highest BCUT2D eigenvalue weighted by atomic mass is 32.1. The molecule has 8 heteroatoms. The Morgan fingerprint density at radius 1 is 1.42 bits per heavy atom. The molecule has 0 N–H and O–H groups in total. The van der Waals surface area contributed by atoms with E-state index in [0.29, 0.717) is 11.3 Å². The fourth-order valence-corrected chi connectivity index (χ4v) is 2.36. The summed E-state index contributed by atoms with van der Waals surface area (Å²) >= 11 is 0.649. The second-order valence-electron chi connectivity index (χ2n) is 3.48. The van der Waals surface area contributed by atoms with E-state index in [1.54, 1.807) is 24.5 Å². The maximum Gasteiger partial charge on any atom is 0.435 e. The molecule has 0 saturated heterocycles. The number of hydrogen-bond donors (Lipinski definition) is 0. The molecule has 0 aliphatic carbocycles. The van der Waals surface area contributed by atoms with E-state index in [4.69, 9.17) is 0 Å². The molecule has 19 heavy (non-hydrogen) atoms. The molecule has 2 aromatic rings. The summed E-state index contributed by atoms with van der Waals surface area (Å²) in [6, 6.07) is 3.30. The summed E-state index contributed by atoms with van der Waals surface area (Å²) in [5.74, 6) is -1.01. The van der Waals surface area contributed by atoms with E-state index >= 15 is 0 Å². The van der Waals surface area contributed by atoms with Gasteiger partial charge in [0.05, 0.1) is 6.61 Å². The van der Waals surface area contributed by atoms with Gasteiger partial charge in [-0.2, -0.15) is 13.2 Å². The van der Waals surface area contributed by atoms with Crippen molar-refractivity contribution in [2.45, 2.75) is 13.1 Å². The van der Waals surface area contributed by atoms with E-state index in [1.165, 1.54) is 11.5 Å². The number of alkyl halides is 3. The number of hydrogen-bond acceptors (Lipinski definition) is 4. The molecule has 0 unspecified atom stereocenters. The van der Waals surface area contributed by atoms with Crippen LogP contribution < -0.4 is 0 Å². The Morgan fingerprint density at radius 3 is 2.58 bits per heavy atom. The minimum Gasteiger partial charge on any atom is -0.462 e. The fraction of sp³-hybridized carbons (Fsp3) is 0.273. The van der Waals surface area contributed by atoms with Gasteiger partial charge in [-0.15, -0.1) is 0 Å². The van der Waals surface area contributed by atoms with E-state index in [-0.39, 0.29) is 11.7 Å². The second kappa shape index (κ2) is 5.04. The molecule has 0 atom stereocenters. The molecule has 0 bridgehead atoms. The van der Waals surface area contributed by atoms with Gasteiger partial charge in [-0.1, -0.05) is 11.3 Å². The van der Waals surface area contributed by atoms with Gasteiger partial charge in [0, 0.05) is 12.4 Å². The average molecular weight is 290 g/mol. The van der Waals surface area contributed by atoms with Crippen molar-refractivity contribution < 1.29 is 22.7 Å². The van der Waals surface area contributed by atoms with Crippen molar-refractivity contribution in [2.24, 2.45) is 0 Å². The van der Waals surface area contributed by atoms with Gasteiger partial charge < -0.3 is 9.30 Å². The molecule has 0 radical (unpaired) electrons. The summed E-state index contributed by atoms with van der Waals surface area (Å²) in [5, 5.41) is 0.0698. The number of nitrogens with zero attached hydrogens (tertiary/aromatic N) is 2. The van der Waals surface area contributed by atoms with Crippen LogP contribution in [0.4, 0.5) is 13.2 Å². The van der Waals surface area contributed by atoms with Crippen molar-refractivity contribution in [3.8, 4) is 5.13 Å². The van der Waals surface area contributed by atoms with Crippen LogP contribution in [0.5, 0.6) is 0 Å². The van der Waals surface area contributed by atoms with Crippen molar-refractivity contribution in [1.82, 2.24) is 9.55 Å². The number of thiazole rings is 1. The maximum atomic E-state index is 12.8. The highest BCUT2D eigenvalue weighted by Crippen LogP contribution is 2.35. The second-order valence-corrected chi connectivity index (χ2v) is 4.46. The van der Waals surface area contributed by atoms with Crippen LogP contribution in [0.15, 0.2) is 24.5 Å². The number of aromatic nitrogens is 2. The summed E-state index contributed by atoms with van der Waals surface area (Å²) in [5.41, 5.74) is -1.21. The van der Waals surface area contributed by atoms with Crippen molar-refractivity contribution in [3.05, 3.63) is 35.1 Å². The molecule has 2 aromatic heterocycles. The molecule has 0 aromatic carbocycles. The van der Waals surface area contributed by atoms with Crippen molar-refractivity contribution in [2.75, 3.05) is 6.61 Å². The Labute approximate surface area is 110 Å². The minimum absolute atomic E-state index is 0.00683. The van der Waals surface area contributed by atoms with Crippen LogP contribution in [0.3, 0.4) is 0 Å². The Hall–Kier alpha value is -1.83. The smallest absolute Gasteiger partial charge is 0.435 e. The number of esters is 1. The molecule has 0 amide bonds. The number of rotatable bonds is 3. The van der Waals surface area contributed by atoms with Gasteiger partial charge >= 0.3 is 12.1 Å². The third-order valence-electron chi connectivity index (χ3n) is 2.17. The lowest BCUT2D eigenvalue weighted by Gasteiger charge is -2.04. The third-order valence-corrected chi connectivity index (χ3v) is 3.22. The zero-order chi connectivity index (χ0) is 14.0. The summed E-state index contributed by atoms with van der Waals surface area (Å²) in [6.45, 7) is 1.53. The topological polar surface area (TPSA) is 44.1 Å². The molecular weight excluding hydrogens is 281 g/mol. The zero-order valence-electron chi connectivity index (χ0n) is 9.77. The molecule has 0 saturated carbocycles. The zero-order valence-corrected chi connectivity index (χ0v) is 10.6. The van der Waals surface area contributed by atoms with Gasteiger partial charge in [0.2, 0.25) is 0 Å². The van der Waals surface area contributed by atoms with E-state index in [1.807, 2.05) is 0 Å². The van der Waals surface area contributed by atoms with Gasteiger partial charge in [0.15, 0.2) is 10.8 Å². The predicted octanol–water partition coefficient (Wildman–Crippen LogP) is 3.13. The summed E-state index contributed by atoms with van der Waals surface area (Å²) in [4.78, 5) is 14.5. The Bertz CT molecular complexity index is 575. The third kappa shape index (κ3) is 2.78. The quantitative estimate of drug-likeness (QED) is 0.816. The van der Waals surface area contributed by atoms with Crippen LogP contribution in [0.2, 0.25) is 0 Å². The van der Waals surface area contributed by atoms with E-state index in [0.717, 1.165) is 0 Å². The average Bonchev–Trinajstić information content (AvgIpc) is 2.97. The molecule has 0 spiro atoms. The molecule has 0 fully saturated rings. The minimum atomic E-state index is -4.69. The predicted molar refractivity (Wildman–Crippen MR) is 62.4 cm³/mol. The monoisotopic (exact) mass is 290 g/mol. The Balaban J connectivity index is 2.49. The lowest BCUT2D eigenvalue weighted by atomic mass is 10.3. The van der Waals surface area contributed by atoms with Crippen LogP contribution in [-0.2, 0) is 10.9 Å². The van der Waals surface area contributed by atoms with Crippen LogP contribution in [0.25, 0.3) is 5.13 Å². The van der Waals surface area contributed by atoms with Gasteiger partial charge in [-0.25, -0.2) is 9.78 Å². The Morgan fingerprint density at radius 2 is 2.05 bits per heavy atom. The van der Waals surface area contributed by atoms with Gasteiger partial charge in [-0.05, 0) is 19.1 Å². The fourth-order valence-electron chi connectivity index (χ4n) is 1.41. The van der Waals surface area contributed by atoms with Gasteiger partial charge in [-0.3, -0.25) is 0 Å². The van der Waals surface area contributed by atoms with Crippen LogP contribution in [0, 0.1) is 0 Å². The van der Waals surface area contributed by atoms with E-state index < -0.39 is 22.7 Å². The molecule has 0 aliphatic rings. The molecule has 2 rings (SSSR count). The lowest BCUT2D eigenvalue weighted by molar-refractivity contribution is -0.141. The molecule has 0 aliphatic heterocycles. The van der Waals surface area contributed by atoms with Crippen LogP contribution in [-0.4, -0.2) is 22.1 Å². The normalized spacial score (nSPS) is 11.6. The van der Waals surface area contributed by atoms with Crippen LogP contribution in [0.1, 0.15) is 22.3 Å². The van der Waals surface area contributed by atoms with Gasteiger partial charge in [0.1, 0.15) is 4.88 Å².